The lowest BCUT2D eigenvalue weighted by Crippen LogP contribution is -2.18. The van der Waals surface area contributed by atoms with Crippen LogP contribution in [-0.2, 0) is 14.3 Å². The van der Waals surface area contributed by atoms with E-state index in [0.29, 0.717) is 12.8 Å². The maximum Gasteiger partial charge on any atom is 0.306 e. The molecule has 0 bridgehead atoms. The fourth-order valence-electron chi connectivity index (χ4n) is 6.92. The molecule has 4 heteroatoms. The number of hydrogen-bond donors (Lipinski definition) is 1. The van der Waals surface area contributed by atoms with Gasteiger partial charge in [-0.05, 0) is 96.3 Å². The number of rotatable bonds is 42. The summed E-state index contributed by atoms with van der Waals surface area (Å²) in [5, 5.41) is 8.72. The number of aliphatic carboxylic acids is 1. The zero-order valence-corrected chi connectivity index (χ0v) is 34.9. The first kappa shape index (κ1) is 50.2. The quantitative estimate of drug-likeness (QED) is 0.0386. The number of ether oxygens (including phenoxy) is 1. The standard InChI is InChI=1S/C48H88O4/c1-3-5-7-9-11-12-13-14-15-16-17-18-19-20-21-22-26-29-33-37-41-45-48(51)52-46(42-38-34-30-10-8-6-4-2)43-39-35-31-27-24-23-25-28-32-36-40-44-47(49)50/h11-12,14-15,20-21,46H,3-10,13,16-19,22-45H2,1-2H3,(H,49,50)/b12-11-,15-14-,21-20-. The Morgan fingerprint density at radius 2 is 0.750 bits per heavy atom. The van der Waals surface area contributed by atoms with E-state index in [0.717, 1.165) is 44.9 Å². The maximum absolute atomic E-state index is 12.7. The van der Waals surface area contributed by atoms with E-state index in [1.165, 1.54) is 180 Å². The predicted octanol–water partition coefficient (Wildman–Crippen LogP) is 16.1. The molecule has 0 amide bonds. The van der Waals surface area contributed by atoms with Crippen molar-refractivity contribution in [3.63, 3.8) is 0 Å². The summed E-state index contributed by atoms with van der Waals surface area (Å²) in [6.07, 6.45) is 57.7. The van der Waals surface area contributed by atoms with Gasteiger partial charge in [0.15, 0.2) is 0 Å². The number of hydrogen-bond acceptors (Lipinski definition) is 3. The molecule has 4 nitrogen and oxygen atoms in total. The van der Waals surface area contributed by atoms with Crippen molar-refractivity contribution in [2.24, 2.45) is 0 Å². The van der Waals surface area contributed by atoms with Crippen molar-refractivity contribution >= 4 is 11.9 Å². The van der Waals surface area contributed by atoms with Crippen LogP contribution in [0, 0.1) is 0 Å². The van der Waals surface area contributed by atoms with Crippen LogP contribution in [0.1, 0.15) is 251 Å². The second kappa shape index (κ2) is 43.6. The summed E-state index contributed by atoms with van der Waals surface area (Å²) in [6, 6.07) is 0. The van der Waals surface area contributed by atoms with Gasteiger partial charge in [0.25, 0.3) is 0 Å². The Bertz CT molecular complexity index is 828. The Hall–Kier alpha value is -1.84. The van der Waals surface area contributed by atoms with Crippen molar-refractivity contribution in [3.05, 3.63) is 36.5 Å². The van der Waals surface area contributed by atoms with Gasteiger partial charge in [-0.1, -0.05) is 179 Å². The fraction of sp³-hybridized carbons (Fsp3) is 0.833. The van der Waals surface area contributed by atoms with Crippen LogP contribution in [0.2, 0.25) is 0 Å². The summed E-state index contributed by atoms with van der Waals surface area (Å²) >= 11 is 0. The number of unbranched alkanes of at least 4 members (excludes halogenated alkanes) is 27. The van der Waals surface area contributed by atoms with Gasteiger partial charge in [0.2, 0.25) is 0 Å². The summed E-state index contributed by atoms with van der Waals surface area (Å²) in [5.74, 6) is -0.640. The summed E-state index contributed by atoms with van der Waals surface area (Å²) in [4.78, 5) is 23.3. The smallest absolute Gasteiger partial charge is 0.306 e. The minimum Gasteiger partial charge on any atom is -0.481 e. The number of carboxylic acid groups (broad SMARTS) is 1. The van der Waals surface area contributed by atoms with E-state index < -0.39 is 5.97 Å². The van der Waals surface area contributed by atoms with Crippen LogP contribution in [0.4, 0.5) is 0 Å². The largest absolute Gasteiger partial charge is 0.481 e. The van der Waals surface area contributed by atoms with Gasteiger partial charge in [-0.25, -0.2) is 0 Å². The maximum atomic E-state index is 12.7. The minimum atomic E-state index is -0.671. The van der Waals surface area contributed by atoms with Gasteiger partial charge in [-0.3, -0.25) is 9.59 Å². The molecule has 0 saturated heterocycles. The van der Waals surface area contributed by atoms with E-state index in [-0.39, 0.29) is 12.1 Å². The molecule has 0 aromatic heterocycles. The lowest BCUT2D eigenvalue weighted by atomic mass is 10.0. The third-order valence-corrected chi connectivity index (χ3v) is 10.3. The Morgan fingerprint density at radius 1 is 0.423 bits per heavy atom. The molecule has 1 atom stereocenters. The molecule has 0 aliphatic heterocycles. The molecule has 304 valence electrons. The molecule has 0 radical (unpaired) electrons. The van der Waals surface area contributed by atoms with Crippen molar-refractivity contribution in [3.8, 4) is 0 Å². The van der Waals surface area contributed by atoms with Crippen LogP contribution in [0.15, 0.2) is 36.5 Å². The topological polar surface area (TPSA) is 63.6 Å². The van der Waals surface area contributed by atoms with Gasteiger partial charge in [0.1, 0.15) is 6.10 Å². The second-order valence-electron chi connectivity index (χ2n) is 15.6. The highest BCUT2D eigenvalue weighted by Gasteiger charge is 2.14. The van der Waals surface area contributed by atoms with Crippen LogP contribution in [0.5, 0.6) is 0 Å². The Labute approximate surface area is 324 Å². The molecule has 0 saturated carbocycles. The Balaban J connectivity index is 3.94. The molecular weight excluding hydrogens is 641 g/mol. The van der Waals surface area contributed by atoms with E-state index in [1.54, 1.807) is 0 Å². The molecule has 0 aliphatic rings. The first-order valence-electron chi connectivity index (χ1n) is 23.0. The van der Waals surface area contributed by atoms with Crippen molar-refractivity contribution in [1.29, 1.82) is 0 Å². The highest BCUT2D eigenvalue weighted by atomic mass is 16.5. The average molecular weight is 729 g/mol. The fourth-order valence-corrected chi connectivity index (χ4v) is 6.92. The minimum absolute atomic E-state index is 0.0315. The first-order valence-corrected chi connectivity index (χ1v) is 23.0. The second-order valence-corrected chi connectivity index (χ2v) is 15.6. The molecular formula is C48H88O4. The van der Waals surface area contributed by atoms with Crippen LogP contribution >= 0.6 is 0 Å². The van der Waals surface area contributed by atoms with Gasteiger partial charge in [-0.15, -0.1) is 0 Å². The van der Waals surface area contributed by atoms with E-state index in [4.69, 9.17) is 9.84 Å². The summed E-state index contributed by atoms with van der Waals surface area (Å²) in [7, 11) is 0. The SMILES string of the molecule is CCCCC/C=C\C/C=C\CCCC/C=C\CCCCCCCC(=O)OC(CCCCCCCCC)CCCCCCCCCCCCCC(=O)O. The molecule has 0 heterocycles. The van der Waals surface area contributed by atoms with Gasteiger partial charge in [0.05, 0.1) is 0 Å². The molecule has 0 fully saturated rings. The van der Waals surface area contributed by atoms with Crippen LogP contribution in [0.25, 0.3) is 0 Å². The Kier molecular flexibility index (Phi) is 42.0. The van der Waals surface area contributed by atoms with Gasteiger partial charge in [0, 0.05) is 12.8 Å². The zero-order chi connectivity index (χ0) is 37.8. The third-order valence-electron chi connectivity index (χ3n) is 10.3. The van der Waals surface area contributed by atoms with Crippen molar-refractivity contribution in [1.82, 2.24) is 0 Å². The van der Waals surface area contributed by atoms with Crippen molar-refractivity contribution < 1.29 is 19.4 Å². The number of allylic oxidation sites excluding steroid dienone is 6. The molecule has 0 rings (SSSR count). The van der Waals surface area contributed by atoms with E-state index >= 15 is 0 Å². The van der Waals surface area contributed by atoms with Gasteiger partial charge >= 0.3 is 11.9 Å². The number of carbonyl (C=O) groups excluding carboxylic acids is 1. The third kappa shape index (κ3) is 42.6. The van der Waals surface area contributed by atoms with Crippen molar-refractivity contribution in [2.45, 2.75) is 258 Å². The number of carboxylic acids is 1. The van der Waals surface area contributed by atoms with E-state index in [9.17, 15) is 9.59 Å². The summed E-state index contributed by atoms with van der Waals surface area (Å²) in [6.45, 7) is 4.53. The van der Waals surface area contributed by atoms with Gasteiger partial charge in [-0.2, -0.15) is 0 Å². The lowest BCUT2D eigenvalue weighted by molar-refractivity contribution is -0.150. The number of carbonyl (C=O) groups is 2. The first-order chi connectivity index (χ1) is 25.6. The number of esters is 1. The summed E-state index contributed by atoms with van der Waals surface area (Å²) in [5.41, 5.74) is 0. The molecule has 52 heavy (non-hydrogen) atoms. The van der Waals surface area contributed by atoms with E-state index in [1.807, 2.05) is 0 Å². The highest BCUT2D eigenvalue weighted by Crippen LogP contribution is 2.19. The van der Waals surface area contributed by atoms with E-state index in [2.05, 4.69) is 50.3 Å². The molecule has 0 aliphatic carbocycles. The van der Waals surface area contributed by atoms with Crippen LogP contribution < -0.4 is 0 Å². The van der Waals surface area contributed by atoms with Crippen LogP contribution in [0.3, 0.4) is 0 Å². The lowest BCUT2D eigenvalue weighted by Gasteiger charge is -2.18. The average Bonchev–Trinajstić information content (AvgIpc) is 3.13. The Morgan fingerprint density at radius 3 is 1.21 bits per heavy atom. The molecule has 1 N–H and O–H groups in total. The predicted molar refractivity (Wildman–Crippen MR) is 227 cm³/mol. The highest BCUT2D eigenvalue weighted by molar-refractivity contribution is 5.69. The monoisotopic (exact) mass is 729 g/mol. The van der Waals surface area contributed by atoms with Crippen LogP contribution in [-0.4, -0.2) is 23.1 Å². The summed E-state index contributed by atoms with van der Waals surface area (Å²) < 4.78 is 6.07. The molecule has 0 spiro atoms. The molecule has 1 unspecified atom stereocenters. The van der Waals surface area contributed by atoms with Gasteiger partial charge < -0.3 is 9.84 Å². The molecule has 0 aromatic carbocycles. The van der Waals surface area contributed by atoms with Crippen molar-refractivity contribution in [2.75, 3.05) is 0 Å². The zero-order valence-electron chi connectivity index (χ0n) is 34.9. The molecule has 0 aromatic rings. The normalized spacial score (nSPS) is 12.5.